The van der Waals surface area contributed by atoms with Gasteiger partial charge >= 0.3 is 0 Å². The third kappa shape index (κ3) is 2.51. The van der Waals surface area contributed by atoms with E-state index in [9.17, 15) is 0 Å². The van der Waals surface area contributed by atoms with Gasteiger partial charge in [-0.15, -0.1) is 5.73 Å². The highest BCUT2D eigenvalue weighted by molar-refractivity contribution is 5.55. The Balaban J connectivity index is 2.86. The Hall–Kier alpha value is -1.46. The largest absolute Gasteiger partial charge is 0.372 e. The zero-order valence-corrected chi connectivity index (χ0v) is 8.96. The summed E-state index contributed by atoms with van der Waals surface area (Å²) in [5.74, 6) is 0. The van der Waals surface area contributed by atoms with E-state index in [-0.39, 0.29) is 0 Å². The summed E-state index contributed by atoms with van der Waals surface area (Å²) in [7, 11) is 0. The van der Waals surface area contributed by atoms with Crippen molar-refractivity contribution in [1.29, 1.82) is 0 Å². The Labute approximate surface area is 86.4 Å². The fourth-order valence-electron chi connectivity index (χ4n) is 1.49. The monoisotopic (exact) mass is 187 g/mol. The molecule has 0 fully saturated rings. The molecule has 0 unspecified atom stereocenters. The maximum atomic E-state index is 3.55. The lowest BCUT2D eigenvalue weighted by molar-refractivity contribution is 0.866. The lowest BCUT2D eigenvalue weighted by Crippen LogP contribution is -2.21. The summed E-state index contributed by atoms with van der Waals surface area (Å²) in [5.41, 5.74) is 5.20. The molecule has 1 rings (SSSR count). The van der Waals surface area contributed by atoms with Gasteiger partial charge in [0.25, 0.3) is 0 Å². The number of nitrogens with zero attached hydrogens (tertiary/aromatic N) is 1. The third-order valence-electron chi connectivity index (χ3n) is 2.29. The lowest BCUT2D eigenvalue weighted by atomic mass is 10.2. The van der Waals surface area contributed by atoms with Crippen molar-refractivity contribution in [3.63, 3.8) is 0 Å². The second-order valence-electron chi connectivity index (χ2n) is 3.11. The first kappa shape index (κ1) is 10.6. The summed E-state index contributed by atoms with van der Waals surface area (Å²) in [5, 5.41) is 0. The van der Waals surface area contributed by atoms with E-state index >= 15 is 0 Å². The van der Waals surface area contributed by atoms with Crippen LogP contribution >= 0.6 is 0 Å². The standard InChI is InChI=1S/C13H17N/c1-4-7-12-8-10-13(11-9-12)14(5-2)6-3/h7-11H,1,5-6H2,2-3H3. The topological polar surface area (TPSA) is 3.24 Å². The quantitative estimate of drug-likeness (QED) is 0.653. The normalized spacial score (nSPS) is 9.29. The minimum absolute atomic E-state index is 1.05. The van der Waals surface area contributed by atoms with Crippen LogP contribution in [0.15, 0.2) is 36.6 Å². The number of benzene rings is 1. The van der Waals surface area contributed by atoms with E-state index in [0.717, 1.165) is 18.7 Å². The highest BCUT2D eigenvalue weighted by Crippen LogP contribution is 2.15. The Morgan fingerprint density at radius 3 is 2.21 bits per heavy atom. The van der Waals surface area contributed by atoms with E-state index in [2.05, 4.69) is 55.3 Å². The van der Waals surface area contributed by atoms with Crippen LogP contribution in [0, 0.1) is 0 Å². The molecule has 0 radical (unpaired) electrons. The van der Waals surface area contributed by atoms with E-state index in [1.165, 1.54) is 5.69 Å². The highest BCUT2D eigenvalue weighted by atomic mass is 15.1. The molecule has 0 N–H and O–H groups in total. The lowest BCUT2D eigenvalue weighted by Gasteiger charge is -2.20. The Morgan fingerprint density at radius 2 is 1.79 bits per heavy atom. The summed E-state index contributed by atoms with van der Waals surface area (Å²) in [6, 6.07) is 8.45. The van der Waals surface area contributed by atoms with Crippen molar-refractivity contribution in [2.24, 2.45) is 0 Å². The predicted octanol–water partition coefficient (Wildman–Crippen LogP) is 3.33. The second kappa shape index (κ2) is 5.31. The molecular weight excluding hydrogens is 170 g/mol. The van der Waals surface area contributed by atoms with Crippen molar-refractivity contribution < 1.29 is 0 Å². The molecule has 0 aromatic heterocycles. The molecule has 1 nitrogen and oxygen atoms in total. The molecule has 0 saturated carbocycles. The van der Waals surface area contributed by atoms with Crippen LogP contribution in [-0.4, -0.2) is 13.1 Å². The number of hydrogen-bond acceptors (Lipinski definition) is 1. The molecular formula is C13H17N. The van der Waals surface area contributed by atoms with Crippen LogP contribution in [0.3, 0.4) is 0 Å². The van der Waals surface area contributed by atoms with Gasteiger partial charge in [-0.25, -0.2) is 0 Å². The van der Waals surface area contributed by atoms with Gasteiger partial charge in [-0.2, -0.15) is 0 Å². The van der Waals surface area contributed by atoms with Crippen LogP contribution in [0.25, 0.3) is 6.08 Å². The third-order valence-corrected chi connectivity index (χ3v) is 2.29. The van der Waals surface area contributed by atoms with Gasteiger partial charge < -0.3 is 4.90 Å². The van der Waals surface area contributed by atoms with Crippen molar-refractivity contribution in [3.05, 3.63) is 42.1 Å². The molecule has 0 aliphatic heterocycles. The summed E-state index contributed by atoms with van der Waals surface area (Å²) >= 11 is 0. The van der Waals surface area contributed by atoms with Gasteiger partial charge in [-0.3, -0.25) is 0 Å². The zero-order chi connectivity index (χ0) is 10.4. The Bertz CT molecular complexity index is 314. The van der Waals surface area contributed by atoms with Crippen LogP contribution in [0.1, 0.15) is 19.4 Å². The Morgan fingerprint density at radius 1 is 1.21 bits per heavy atom. The van der Waals surface area contributed by atoms with Crippen LogP contribution < -0.4 is 4.90 Å². The van der Waals surface area contributed by atoms with Crippen LogP contribution in [0.5, 0.6) is 0 Å². The summed E-state index contributed by atoms with van der Waals surface area (Å²) in [4.78, 5) is 2.32. The van der Waals surface area contributed by atoms with Crippen LogP contribution in [0.4, 0.5) is 5.69 Å². The predicted molar refractivity (Wildman–Crippen MR) is 63.6 cm³/mol. The van der Waals surface area contributed by atoms with Crippen molar-refractivity contribution in [2.75, 3.05) is 18.0 Å². The molecule has 0 amide bonds. The van der Waals surface area contributed by atoms with Gasteiger partial charge in [0, 0.05) is 18.8 Å². The summed E-state index contributed by atoms with van der Waals surface area (Å²) < 4.78 is 0. The molecule has 0 heterocycles. The average Bonchev–Trinajstić information content (AvgIpc) is 2.23. The molecule has 0 saturated heterocycles. The van der Waals surface area contributed by atoms with E-state index < -0.39 is 0 Å². The first-order valence-corrected chi connectivity index (χ1v) is 5.02. The minimum Gasteiger partial charge on any atom is -0.372 e. The van der Waals surface area contributed by atoms with Crippen molar-refractivity contribution in [3.8, 4) is 0 Å². The maximum absolute atomic E-state index is 3.55. The molecule has 1 aromatic rings. The van der Waals surface area contributed by atoms with Gasteiger partial charge in [0.15, 0.2) is 0 Å². The van der Waals surface area contributed by atoms with Gasteiger partial charge in [0.2, 0.25) is 0 Å². The number of anilines is 1. The zero-order valence-electron chi connectivity index (χ0n) is 8.96. The van der Waals surface area contributed by atoms with E-state index in [1.54, 1.807) is 0 Å². The van der Waals surface area contributed by atoms with Gasteiger partial charge in [-0.1, -0.05) is 18.7 Å². The molecule has 0 aliphatic rings. The molecule has 0 aliphatic carbocycles. The fraction of sp³-hybridized carbons (Fsp3) is 0.308. The molecule has 1 aromatic carbocycles. The SMILES string of the molecule is C=C=Cc1ccc(N(CC)CC)cc1. The maximum Gasteiger partial charge on any atom is 0.0366 e. The molecule has 1 heteroatoms. The van der Waals surface area contributed by atoms with Crippen LogP contribution in [0.2, 0.25) is 0 Å². The minimum atomic E-state index is 1.05. The number of hydrogen-bond donors (Lipinski definition) is 0. The first-order chi connectivity index (χ1) is 6.81. The van der Waals surface area contributed by atoms with Crippen molar-refractivity contribution in [1.82, 2.24) is 0 Å². The van der Waals surface area contributed by atoms with E-state index in [1.807, 2.05) is 6.08 Å². The van der Waals surface area contributed by atoms with Gasteiger partial charge in [0.05, 0.1) is 0 Å². The fourth-order valence-corrected chi connectivity index (χ4v) is 1.49. The van der Waals surface area contributed by atoms with Gasteiger partial charge in [-0.05, 0) is 37.6 Å². The smallest absolute Gasteiger partial charge is 0.0366 e. The average molecular weight is 187 g/mol. The number of rotatable bonds is 4. The Kier molecular flexibility index (Phi) is 4.03. The molecule has 14 heavy (non-hydrogen) atoms. The molecule has 0 bridgehead atoms. The summed E-state index contributed by atoms with van der Waals surface area (Å²) in [6.45, 7) is 9.99. The van der Waals surface area contributed by atoms with E-state index in [0.29, 0.717) is 0 Å². The molecule has 0 atom stereocenters. The van der Waals surface area contributed by atoms with Gasteiger partial charge in [0.1, 0.15) is 0 Å². The van der Waals surface area contributed by atoms with E-state index in [4.69, 9.17) is 0 Å². The highest BCUT2D eigenvalue weighted by Gasteiger charge is 1.99. The van der Waals surface area contributed by atoms with Crippen molar-refractivity contribution >= 4 is 11.8 Å². The summed E-state index contributed by atoms with van der Waals surface area (Å²) in [6.07, 6.45) is 1.88. The van der Waals surface area contributed by atoms with Crippen molar-refractivity contribution in [2.45, 2.75) is 13.8 Å². The van der Waals surface area contributed by atoms with Crippen LogP contribution in [-0.2, 0) is 0 Å². The second-order valence-corrected chi connectivity index (χ2v) is 3.11. The first-order valence-electron chi connectivity index (χ1n) is 5.02. The molecule has 0 spiro atoms. The molecule has 74 valence electrons.